The number of carboxylic acid groups (broad SMARTS) is 1. The maximum atomic E-state index is 13.6. The van der Waals surface area contributed by atoms with E-state index < -0.39 is 67.0 Å². The van der Waals surface area contributed by atoms with Gasteiger partial charge in [0.15, 0.2) is 12.3 Å². The van der Waals surface area contributed by atoms with Gasteiger partial charge in [-0.1, -0.05) is 140 Å². The predicted octanol–water partition coefficient (Wildman–Crippen LogP) is 8.00. The number of amides is 2. The van der Waals surface area contributed by atoms with Crippen LogP contribution in [-0.4, -0.2) is 85.4 Å². The first-order valence-electron chi connectivity index (χ1n) is 21.1. The average Bonchev–Trinajstić information content (AvgIpc) is 3.60. The minimum absolute atomic E-state index is 0.0128. The Hall–Kier alpha value is -6.09. The van der Waals surface area contributed by atoms with Gasteiger partial charge in [-0.25, -0.2) is 14.4 Å². The Morgan fingerprint density at radius 1 is 0.635 bits per heavy atom. The molecular formula is C50H54N2O11. The third kappa shape index (κ3) is 12.3. The summed E-state index contributed by atoms with van der Waals surface area (Å²) in [7, 11) is 0. The fourth-order valence-electron chi connectivity index (χ4n) is 7.73. The fourth-order valence-corrected chi connectivity index (χ4v) is 7.73. The molecule has 0 spiro atoms. The highest BCUT2D eigenvalue weighted by Gasteiger charge is 2.50. The van der Waals surface area contributed by atoms with E-state index in [1.165, 1.54) is 0 Å². The van der Waals surface area contributed by atoms with E-state index in [4.69, 9.17) is 33.2 Å². The minimum Gasteiger partial charge on any atom is -0.480 e. The molecule has 63 heavy (non-hydrogen) atoms. The number of hydrogen-bond donors (Lipinski definition) is 3. The molecule has 1 aliphatic carbocycles. The summed E-state index contributed by atoms with van der Waals surface area (Å²) >= 11 is 0. The second-order valence-electron chi connectivity index (χ2n) is 16.4. The van der Waals surface area contributed by atoms with Crippen molar-refractivity contribution in [2.75, 3.05) is 19.8 Å². The van der Waals surface area contributed by atoms with Crippen LogP contribution in [0.3, 0.4) is 0 Å². The standard InChI is InChI=1S/C50H54N2O11/c1-50(2,3)63-49(56)52-43-45(59-29-35-21-11-6-12-22-35)44(58-28-34-19-9-5-10-20-34)42(32-57-27-33-17-7-4-8-18-33)62-47(43)60-31-41(46(53)54)51-48(55)61-30-40-38-25-15-13-23-36(38)37-24-14-16-26-39(37)40/h4-26,40-45,47H,27-32H2,1-3H3,(H,51,55)(H,52,56)(H,53,54)/t41-,42+,43+,44-,45+,47-/m0/s1. The number of hydrogen-bond acceptors (Lipinski definition) is 10. The van der Waals surface area contributed by atoms with E-state index in [9.17, 15) is 19.5 Å². The lowest BCUT2D eigenvalue weighted by Crippen LogP contribution is -2.66. The summed E-state index contributed by atoms with van der Waals surface area (Å²) in [5, 5.41) is 15.7. The van der Waals surface area contributed by atoms with Gasteiger partial charge in [0.05, 0.1) is 33.0 Å². The van der Waals surface area contributed by atoms with E-state index in [1.54, 1.807) is 20.8 Å². The highest BCUT2D eigenvalue weighted by molar-refractivity contribution is 5.81. The Balaban J connectivity index is 1.12. The molecule has 1 heterocycles. The number of rotatable bonds is 18. The normalized spacial score (nSPS) is 19.9. The SMILES string of the molecule is CC(C)(C)OC(=O)N[C@H]1[C@@H](OC[C@H](NC(=O)OCC2c3ccccc3-c3ccccc32)C(=O)O)O[C@H](COCc2ccccc2)[C@H](OCc2ccccc2)[C@@H]1OCc1ccccc1. The van der Waals surface area contributed by atoms with Gasteiger partial charge in [-0.2, -0.15) is 0 Å². The molecule has 1 fully saturated rings. The van der Waals surface area contributed by atoms with E-state index in [1.807, 2.05) is 140 Å². The summed E-state index contributed by atoms with van der Waals surface area (Å²) in [6, 6.07) is 41.9. The molecule has 0 bridgehead atoms. The zero-order valence-corrected chi connectivity index (χ0v) is 35.6. The van der Waals surface area contributed by atoms with Crippen LogP contribution in [0.5, 0.6) is 0 Å². The highest BCUT2D eigenvalue weighted by atomic mass is 16.7. The van der Waals surface area contributed by atoms with Crippen LogP contribution in [0.1, 0.15) is 54.5 Å². The summed E-state index contributed by atoms with van der Waals surface area (Å²) in [6.45, 7) is 5.18. The van der Waals surface area contributed by atoms with Crippen molar-refractivity contribution in [3.05, 3.63) is 167 Å². The number of nitrogens with one attached hydrogen (secondary N) is 2. The summed E-state index contributed by atoms with van der Waals surface area (Å²) in [5.74, 6) is -1.61. The van der Waals surface area contributed by atoms with Crippen LogP contribution >= 0.6 is 0 Å². The molecule has 5 aromatic rings. The first-order chi connectivity index (χ1) is 30.5. The Labute approximate surface area is 367 Å². The molecule has 13 heteroatoms. The van der Waals surface area contributed by atoms with Crippen LogP contribution in [0.25, 0.3) is 11.1 Å². The molecule has 0 saturated carbocycles. The number of carbonyl (C=O) groups is 3. The minimum atomic E-state index is -1.57. The molecule has 3 N–H and O–H groups in total. The third-order valence-corrected chi connectivity index (χ3v) is 10.7. The lowest BCUT2D eigenvalue weighted by Gasteiger charge is -2.46. The topological polar surface area (TPSA) is 160 Å². The maximum Gasteiger partial charge on any atom is 0.408 e. The van der Waals surface area contributed by atoms with Gasteiger partial charge in [-0.15, -0.1) is 0 Å². The van der Waals surface area contributed by atoms with Crippen molar-refractivity contribution in [1.82, 2.24) is 10.6 Å². The zero-order chi connectivity index (χ0) is 44.2. The summed E-state index contributed by atoms with van der Waals surface area (Å²) in [6.07, 6.45) is -5.72. The van der Waals surface area contributed by atoms with Gasteiger partial charge in [0.2, 0.25) is 0 Å². The van der Waals surface area contributed by atoms with Gasteiger partial charge in [0.25, 0.3) is 0 Å². The Bertz CT molecular complexity index is 2210. The quantitative estimate of drug-likeness (QED) is 0.0784. The zero-order valence-electron chi connectivity index (χ0n) is 35.6. The lowest BCUT2D eigenvalue weighted by molar-refractivity contribution is -0.291. The van der Waals surface area contributed by atoms with Crippen LogP contribution in [0.15, 0.2) is 140 Å². The van der Waals surface area contributed by atoms with Crippen molar-refractivity contribution in [3.63, 3.8) is 0 Å². The number of ether oxygens (including phenoxy) is 7. The Kier molecular flexibility index (Phi) is 15.2. The summed E-state index contributed by atoms with van der Waals surface area (Å²) in [4.78, 5) is 39.6. The van der Waals surface area contributed by atoms with Crippen LogP contribution in [-0.2, 0) is 57.8 Å². The van der Waals surface area contributed by atoms with E-state index in [0.29, 0.717) is 0 Å². The monoisotopic (exact) mass is 858 g/mol. The van der Waals surface area contributed by atoms with E-state index >= 15 is 0 Å². The van der Waals surface area contributed by atoms with Crippen molar-refractivity contribution in [2.45, 2.75) is 88.8 Å². The summed E-state index contributed by atoms with van der Waals surface area (Å²) < 4.78 is 43.8. The molecule has 0 unspecified atom stereocenters. The molecule has 6 atom stereocenters. The van der Waals surface area contributed by atoms with Crippen molar-refractivity contribution in [2.24, 2.45) is 0 Å². The molecule has 13 nitrogen and oxygen atoms in total. The number of benzene rings is 5. The number of fused-ring (bicyclic) bond motifs is 3. The molecule has 1 aliphatic heterocycles. The van der Waals surface area contributed by atoms with Crippen LogP contribution in [0.2, 0.25) is 0 Å². The predicted molar refractivity (Wildman–Crippen MR) is 234 cm³/mol. The molecule has 0 radical (unpaired) electrons. The highest BCUT2D eigenvalue weighted by Crippen LogP contribution is 2.44. The first kappa shape index (κ1) is 44.9. The molecule has 2 aliphatic rings. The van der Waals surface area contributed by atoms with E-state index in [2.05, 4.69) is 10.6 Å². The van der Waals surface area contributed by atoms with Crippen LogP contribution < -0.4 is 10.6 Å². The molecule has 330 valence electrons. The van der Waals surface area contributed by atoms with E-state index in [0.717, 1.165) is 38.9 Å². The lowest BCUT2D eigenvalue weighted by atomic mass is 9.96. The third-order valence-electron chi connectivity index (χ3n) is 10.7. The number of alkyl carbamates (subject to hydrolysis) is 2. The number of carbonyl (C=O) groups excluding carboxylic acids is 2. The number of carboxylic acids is 1. The van der Waals surface area contributed by atoms with Gasteiger partial charge in [-0.05, 0) is 59.7 Å². The number of aliphatic carboxylic acids is 1. The largest absolute Gasteiger partial charge is 0.480 e. The van der Waals surface area contributed by atoms with Crippen molar-refractivity contribution in [1.29, 1.82) is 0 Å². The Morgan fingerprint density at radius 2 is 1.14 bits per heavy atom. The molecular weight excluding hydrogens is 805 g/mol. The fraction of sp³-hybridized carbons (Fsp3) is 0.340. The average molecular weight is 859 g/mol. The van der Waals surface area contributed by atoms with Gasteiger partial charge in [0, 0.05) is 5.92 Å². The van der Waals surface area contributed by atoms with Crippen LogP contribution in [0, 0.1) is 0 Å². The molecule has 2 amide bonds. The Morgan fingerprint density at radius 3 is 1.68 bits per heavy atom. The van der Waals surface area contributed by atoms with Gasteiger partial charge in [0.1, 0.15) is 36.6 Å². The van der Waals surface area contributed by atoms with Crippen LogP contribution in [0.4, 0.5) is 9.59 Å². The smallest absolute Gasteiger partial charge is 0.408 e. The first-order valence-corrected chi connectivity index (χ1v) is 21.1. The molecule has 1 saturated heterocycles. The molecule has 5 aromatic carbocycles. The molecule has 0 aromatic heterocycles. The van der Waals surface area contributed by atoms with E-state index in [-0.39, 0.29) is 39.0 Å². The maximum absolute atomic E-state index is 13.6. The summed E-state index contributed by atoms with van der Waals surface area (Å²) in [5.41, 5.74) is 5.96. The molecule has 7 rings (SSSR count). The van der Waals surface area contributed by atoms with Crippen molar-refractivity contribution >= 4 is 18.2 Å². The second kappa shape index (κ2) is 21.3. The van der Waals surface area contributed by atoms with Crippen molar-refractivity contribution < 1.29 is 52.6 Å². The van der Waals surface area contributed by atoms with Gasteiger partial charge >= 0.3 is 18.2 Å². The van der Waals surface area contributed by atoms with Gasteiger partial charge in [-0.3, -0.25) is 0 Å². The van der Waals surface area contributed by atoms with Crippen molar-refractivity contribution in [3.8, 4) is 11.1 Å². The second-order valence-corrected chi connectivity index (χ2v) is 16.4. The van der Waals surface area contributed by atoms with Gasteiger partial charge < -0.3 is 48.9 Å².